The Balaban J connectivity index is 1.07. The van der Waals surface area contributed by atoms with E-state index in [1.165, 1.54) is 11.1 Å². The summed E-state index contributed by atoms with van der Waals surface area (Å²) < 4.78 is 61.2. The first kappa shape index (κ1) is 37.8. The summed E-state index contributed by atoms with van der Waals surface area (Å²) in [5.41, 5.74) is 2.67. The molecule has 3 heterocycles. The van der Waals surface area contributed by atoms with Gasteiger partial charge in [-0.15, -0.1) is 0 Å². The number of aliphatic hydroxyl groups excluding tert-OH is 1. The lowest BCUT2D eigenvalue weighted by Gasteiger charge is -2.48. The fourth-order valence-electron chi connectivity index (χ4n) is 8.54. The highest BCUT2D eigenvalue weighted by Crippen LogP contribution is 2.58. The third-order valence-electron chi connectivity index (χ3n) is 10.8. The summed E-state index contributed by atoms with van der Waals surface area (Å²) in [6.45, 7) is -1.84. The van der Waals surface area contributed by atoms with E-state index in [2.05, 4.69) is 15.4 Å². The van der Waals surface area contributed by atoms with Crippen molar-refractivity contribution in [1.29, 1.82) is 0 Å². The zero-order chi connectivity index (χ0) is 39.2. The van der Waals surface area contributed by atoms with Gasteiger partial charge in [-0.05, 0) is 46.0 Å². The Morgan fingerprint density at radius 3 is 2.43 bits per heavy atom. The maximum Gasteiger partial charge on any atom is 0.422 e. The molecule has 13 nitrogen and oxygen atoms in total. The number of carbonyl (C=O) groups is 4. The van der Waals surface area contributed by atoms with Crippen LogP contribution in [0.15, 0.2) is 78.9 Å². The zero-order valence-electron chi connectivity index (χ0n) is 29.8. The van der Waals surface area contributed by atoms with Gasteiger partial charge in [-0.2, -0.15) is 18.2 Å². The third kappa shape index (κ3) is 7.18. The maximum atomic E-state index is 14.7. The predicted octanol–water partition coefficient (Wildman–Crippen LogP) is 2.92. The van der Waals surface area contributed by atoms with Gasteiger partial charge >= 0.3 is 18.1 Å². The largest absolute Gasteiger partial charge is 0.458 e. The predicted molar refractivity (Wildman–Crippen MR) is 188 cm³/mol. The van der Waals surface area contributed by atoms with Crippen molar-refractivity contribution in [2.75, 3.05) is 19.8 Å². The van der Waals surface area contributed by atoms with Crippen LogP contribution in [0.25, 0.3) is 6.08 Å². The zero-order valence-corrected chi connectivity index (χ0v) is 29.8. The average molecular weight is 778 g/mol. The number of carbonyl (C=O) groups excluding carboxylic acids is 4. The summed E-state index contributed by atoms with van der Waals surface area (Å²) in [6.07, 6.45) is -4.79. The van der Waals surface area contributed by atoms with Crippen molar-refractivity contribution < 1.29 is 61.2 Å². The van der Waals surface area contributed by atoms with Gasteiger partial charge in [0.25, 0.3) is 5.91 Å². The molecule has 3 aromatic rings. The van der Waals surface area contributed by atoms with E-state index < -0.39 is 72.3 Å². The van der Waals surface area contributed by atoms with Crippen LogP contribution in [0, 0.1) is 5.41 Å². The van der Waals surface area contributed by atoms with Crippen molar-refractivity contribution in [3.05, 3.63) is 112 Å². The number of alkyl halides is 3. The van der Waals surface area contributed by atoms with Gasteiger partial charge in [-0.1, -0.05) is 60.7 Å². The number of hydroxylamine groups is 2. The van der Waals surface area contributed by atoms with Crippen molar-refractivity contribution in [3.8, 4) is 0 Å². The Morgan fingerprint density at radius 1 is 0.946 bits per heavy atom. The van der Waals surface area contributed by atoms with Crippen LogP contribution in [0.3, 0.4) is 0 Å². The summed E-state index contributed by atoms with van der Waals surface area (Å²) >= 11 is 0. The Hall–Kier alpha value is -5.13. The summed E-state index contributed by atoms with van der Waals surface area (Å²) in [4.78, 5) is 59.9. The van der Waals surface area contributed by atoms with Crippen LogP contribution in [-0.2, 0) is 64.1 Å². The molecule has 5 aliphatic rings. The number of esters is 2. The number of hydrogen-bond acceptors (Lipinski definition) is 11. The lowest BCUT2D eigenvalue weighted by Crippen LogP contribution is -2.69. The van der Waals surface area contributed by atoms with Gasteiger partial charge in [0.05, 0.1) is 13.2 Å². The quantitative estimate of drug-likeness (QED) is 0.194. The summed E-state index contributed by atoms with van der Waals surface area (Å²) in [7, 11) is 0. The van der Waals surface area contributed by atoms with Crippen LogP contribution in [0.2, 0.25) is 0 Å². The molecule has 0 radical (unpaired) electrons. The molecule has 6 unspecified atom stereocenters. The third-order valence-corrected chi connectivity index (χ3v) is 10.8. The Kier molecular flexibility index (Phi) is 9.95. The minimum Gasteiger partial charge on any atom is -0.458 e. The molecule has 3 saturated heterocycles. The van der Waals surface area contributed by atoms with E-state index >= 15 is 0 Å². The molecule has 2 aliphatic carbocycles. The monoisotopic (exact) mass is 777 g/mol. The van der Waals surface area contributed by atoms with Crippen molar-refractivity contribution in [2.24, 2.45) is 5.41 Å². The highest BCUT2D eigenvalue weighted by Gasteiger charge is 2.76. The maximum absolute atomic E-state index is 14.7. The van der Waals surface area contributed by atoms with Gasteiger partial charge in [0.15, 0.2) is 18.4 Å². The van der Waals surface area contributed by atoms with Crippen molar-refractivity contribution >= 4 is 29.8 Å². The summed E-state index contributed by atoms with van der Waals surface area (Å²) in [5, 5.41) is 16.1. The van der Waals surface area contributed by atoms with E-state index in [9.17, 15) is 32.3 Å². The molecule has 16 heteroatoms. The highest BCUT2D eigenvalue weighted by molar-refractivity contribution is 5.95. The SMILES string of the molecule is O=C(C=Cc1cccc(CN2OC3C4OC5(Cc6ccccc6C5)OC4C4CC3(C(=O)NCc3cccc(C(=O)NCCO)c3)C2C(=O)O4)c1)OCC(F)(F)F. The van der Waals surface area contributed by atoms with Gasteiger partial charge in [-0.25, -0.2) is 4.79 Å². The normalized spacial score (nSPS) is 27.1. The highest BCUT2D eigenvalue weighted by atomic mass is 19.4. The molecule has 3 N–H and O–H groups in total. The molecule has 4 fully saturated rings. The lowest BCUT2D eigenvalue weighted by molar-refractivity contribution is -0.217. The molecule has 6 atom stereocenters. The van der Waals surface area contributed by atoms with Crippen LogP contribution in [0.4, 0.5) is 13.2 Å². The van der Waals surface area contributed by atoms with Crippen molar-refractivity contribution in [2.45, 2.75) is 74.8 Å². The number of aliphatic hydroxyl groups is 1. The lowest BCUT2D eigenvalue weighted by atomic mass is 9.62. The number of benzene rings is 3. The van der Waals surface area contributed by atoms with Gasteiger partial charge in [0.1, 0.15) is 29.8 Å². The molecule has 0 aromatic heterocycles. The summed E-state index contributed by atoms with van der Waals surface area (Å²) in [6, 6.07) is 20.1. The molecular formula is C40H38F3N3O10. The van der Waals surface area contributed by atoms with Gasteiger partial charge in [-0.3, -0.25) is 19.2 Å². The second-order valence-corrected chi connectivity index (χ2v) is 14.6. The molecule has 3 aliphatic heterocycles. The van der Waals surface area contributed by atoms with E-state index in [-0.39, 0.29) is 38.6 Å². The van der Waals surface area contributed by atoms with E-state index in [4.69, 9.17) is 24.2 Å². The topological polar surface area (TPSA) is 162 Å². The standard InChI is InChI=1S/C40H38F3N3O10/c41-40(42,43)22-52-30(48)12-11-23-5-3-7-25(15-23)21-46-33-36(50)53-29-19-39(33,37(51)45-20-24-6-4-10-26(16-24)35(49)44-13-14-47)34(56-46)32-31(29)54-38(55-32)17-27-8-1-2-9-28(27)18-38/h1-12,15-16,29,31-34,47H,13-14,17-22H2,(H,44,49)(H,45,51). The van der Waals surface area contributed by atoms with Crippen LogP contribution < -0.4 is 10.6 Å². The molecular weight excluding hydrogens is 739 g/mol. The number of nitrogens with zero attached hydrogens (tertiary/aromatic N) is 1. The van der Waals surface area contributed by atoms with Gasteiger partial charge < -0.3 is 34.7 Å². The van der Waals surface area contributed by atoms with Crippen LogP contribution in [-0.4, -0.2) is 96.1 Å². The smallest absolute Gasteiger partial charge is 0.422 e. The fraction of sp³-hybridized carbons (Fsp3) is 0.400. The number of fused-ring (bicyclic) bond motifs is 5. The molecule has 294 valence electrons. The molecule has 2 bridgehead atoms. The number of nitrogens with one attached hydrogen (secondary N) is 2. The van der Waals surface area contributed by atoms with E-state index in [0.29, 0.717) is 35.1 Å². The van der Waals surface area contributed by atoms with E-state index in [1.807, 2.05) is 24.3 Å². The number of hydrogen-bond donors (Lipinski definition) is 3. The molecule has 56 heavy (non-hydrogen) atoms. The minimum absolute atomic E-state index is 0.0179. The molecule has 1 spiro atoms. The molecule has 1 saturated carbocycles. The molecule has 8 rings (SSSR count). The Labute approximate surface area is 318 Å². The first-order chi connectivity index (χ1) is 26.9. The number of rotatable bonds is 11. The van der Waals surface area contributed by atoms with E-state index in [0.717, 1.165) is 17.2 Å². The number of ether oxygens (including phenoxy) is 4. The minimum atomic E-state index is -4.66. The second-order valence-electron chi connectivity index (χ2n) is 14.6. The Morgan fingerprint density at radius 2 is 1.68 bits per heavy atom. The Bertz CT molecular complexity index is 2050. The van der Waals surface area contributed by atoms with E-state index in [1.54, 1.807) is 48.5 Å². The van der Waals surface area contributed by atoms with Crippen LogP contribution in [0.5, 0.6) is 0 Å². The second kappa shape index (κ2) is 14.7. The van der Waals surface area contributed by atoms with Crippen LogP contribution in [0.1, 0.15) is 44.6 Å². The number of amides is 2. The van der Waals surface area contributed by atoms with Gasteiger partial charge in [0, 0.05) is 44.0 Å². The van der Waals surface area contributed by atoms with Crippen molar-refractivity contribution in [3.63, 3.8) is 0 Å². The molecule has 2 amide bonds. The van der Waals surface area contributed by atoms with Crippen LogP contribution >= 0.6 is 0 Å². The number of halogens is 3. The summed E-state index contributed by atoms with van der Waals surface area (Å²) in [5.74, 6) is -3.75. The van der Waals surface area contributed by atoms with Crippen molar-refractivity contribution in [1.82, 2.24) is 15.7 Å². The fourth-order valence-corrected chi connectivity index (χ4v) is 8.54. The van der Waals surface area contributed by atoms with Gasteiger partial charge in [0.2, 0.25) is 5.91 Å². The first-order valence-electron chi connectivity index (χ1n) is 18.2. The molecule has 3 aromatic carbocycles. The average Bonchev–Trinajstić information content (AvgIpc) is 3.85. The first-order valence-corrected chi connectivity index (χ1v) is 18.2.